The van der Waals surface area contributed by atoms with Gasteiger partial charge in [0.15, 0.2) is 0 Å². The van der Waals surface area contributed by atoms with Crippen LogP contribution >= 0.6 is 0 Å². The summed E-state index contributed by atoms with van der Waals surface area (Å²) in [5.41, 5.74) is -0.0878. The summed E-state index contributed by atoms with van der Waals surface area (Å²) in [5, 5.41) is 8.92. The Labute approximate surface area is 95.7 Å². The van der Waals surface area contributed by atoms with E-state index in [4.69, 9.17) is 19.3 Å². The van der Waals surface area contributed by atoms with E-state index in [9.17, 15) is 9.59 Å². The van der Waals surface area contributed by atoms with E-state index in [1.807, 2.05) is 0 Å². The standard InChI is InChI=1S/C11H8O6/c12-8(13)6-3-1-2-4-7(6)9(14)16-10-11(17-10)5-15-11/h1-4,10H,5H2,(H,12,13). The molecular weight excluding hydrogens is 228 g/mol. The minimum Gasteiger partial charge on any atom is -0.478 e. The minimum atomic E-state index is -1.17. The zero-order chi connectivity index (χ0) is 12.0. The average molecular weight is 236 g/mol. The summed E-state index contributed by atoms with van der Waals surface area (Å²) in [6.45, 7) is 0.408. The maximum absolute atomic E-state index is 11.7. The molecule has 0 radical (unpaired) electrons. The molecule has 1 aromatic carbocycles. The summed E-state index contributed by atoms with van der Waals surface area (Å²) < 4.78 is 14.9. The highest BCUT2D eigenvalue weighted by molar-refractivity contribution is 6.02. The van der Waals surface area contributed by atoms with Gasteiger partial charge in [-0.2, -0.15) is 0 Å². The summed E-state index contributed by atoms with van der Waals surface area (Å²) in [4.78, 5) is 22.6. The Bertz CT molecular complexity index is 504. The summed E-state index contributed by atoms with van der Waals surface area (Å²) in [6.07, 6.45) is -0.711. The van der Waals surface area contributed by atoms with Gasteiger partial charge in [0, 0.05) is 0 Å². The average Bonchev–Trinajstić information content (AvgIpc) is 3.21. The maximum Gasteiger partial charge on any atom is 0.341 e. The molecule has 6 nitrogen and oxygen atoms in total. The number of ether oxygens (including phenoxy) is 3. The fourth-order valence-electron chi connectivity index (χ4n) is 1.54. The van der Waals surface area contributed by atoms with E-state index < -0.39 is 24.0 Å². The number of hydrogen-bond acceptors (Lipinski definition) is 5. The van der Waals surface area contributed by atoms with Crippen LogP contribution in [-0.4, -0.2) is 35.7 Å². The highest BCUT2D eigenvalue weighted by atomic mass is 16.9. The van der Waals surface area contributed by atoms with Crippen molar-refractivity contribution >= 4 is 11.9 Å². The van der Waals surface area contributed by atoms with Crippen LogP contribution in [-0.2, 0) is 14.2 Å². The van der Waals surface area contributed by atoms with Crippen molar-refractivity contribution in [1.29, 1.82) is 0 Å². The first-order valence-corrected chi connectivity index (χ1v) is 4.97. The van der Waals surface area contributed by atoms with Gasteiger partial charge in [-0.25, -0.2) is 9.59 Å². The molecule has 6 heteroatoms. The van der Waals surface area contributed by atoms with Crippen LogP contribution in [0.4, 0.5) is 0 Å². The molecule has 2 aliphatic heterocycles. The Morgan fingerprint density at radius 3 is 2.53 bits per heavy atom. The van der Waals surface area contributed by atoms with Crippen molar-refractivity contribution in [1.82, 2.24) is 0 Å². The number of esters is 1. The van der Waals surface area contributed by atoms with Crippen LogP contribution in [0.5, 0.6) is 0 Å². The van der Waals surface area contributed by atoms with Crippen LogP contribution in [0.15, 0.2) is 24.3 Å². The number of rotatable bonds is 3. The number of carboxylic acids is 1. The van der Waals surface area contributed by atoms with Gasteiger partial charge in [0.1, 0.15) is 6.61 Å². The molecule has 2 atom stereocenters. The van der Waals surface area contributed by atoms with Crippen LogP contribution in [0.3, 0.4) is 0 Å². The molecule has 1 N–H and O–H groups in total. The zero-order valence-corrected chi connectivity index (χ0v) is 8.58. The fraction of sp³-hybridized carbons (Fsp3) is 0.273. The molecule has 0 aromatic heterocycles. The van der Waals surface area contributed by atoms with Gasteiger partial charge >= 0.3 is 11.9 Å². The number of carboxylic acid groups (broad SMARTS) is 1. The Balaban J connectivity index is 1.78. The lowest BCUT2D eigenvalue weighted by Crippen LogP contribution is -2.14. The normalized spacial score (nSPS) is 28.8. The predicted octanol–water partition coefficient (Wildman–Crippen LogP) is 0.624. The molecule has 88 valence electrons. The van der Waals surface area contributed by atoms with Gasteiger partial charge in [-0.15, -0.1) is 0 Å². The quantitative estimate of drug-likeness (QED) is 0.611. The van der Waals surface area contributed by atoms with Crippen molar-refractivity contribution in [3.05, 3.63) is 35.4 Å². The molecule has 0 saturated carbocycles. The molecule has 17 heavy (non-hydrogen) atoms. The van der Waals surface area contributed by atoms with Crippen LogP contribution < -0.4 is 0 Å². The fourth-order valence-corrected chi connectivity index (χ4v) is 1.54. The van der Waals surface area contributed by atoms with Crippen molar-refractivity contribution in [3.8, 4) is 0 Å². The summed E-state index contributed by atoms with van der Waals surface area (Å²) >= 11 is 0. The molecule has 0 amide bonds. The molecule has 2 heterocycles. The number of epoxide rings is 2. The van der Waals surface area contributed by atoms with E-state index in [2.05, 4.69) is 0 Å². The van der Waals surface area contributed by atoms with Crippen molar-refractivity contribution in [2.24, 2.45) is 0 Å². The van der Waals surface area contributed by atoms with Crippen molar-refractivity contribution in [3.63, 3.8) is 0 Å². The van der Waals surface area contributed by atoms with Gasteiger partial charge in [-0.3, -0.25) is 4.74 Å². The number of carbonyl (C=O) groups excluding carboxylic acids is 1. The second-order valence-electron chi connectivity index (χ2n) is 3.81. The number of aromatic carboxylic acids is 1. The van der Waals surface area contributed by atoms with E-state index >= 15 is 0 Å². The third-order valence-corrected chi connectivity index (χ3v) is 2.63. The van der Waals surface area contributed by atoms with Gasteiger partial charge in [-0.1, -0.05) is 12.1 Å². The summed E-state index contributed by atoms with van der Waals surface area (Å²) in [6, 6.07) is 5.85. The SMILES string of the molecule is O=C(O)c1ccccc1C(=O)OC1OC12CO2. The largest absolute Gasteiger partial charge is 0.478 e. The van der Waals surface area contributed by atoms with Gasteiger partial charge < -0.3 is 14.6 Å². The minimum absolute atomic E-state index is 0.00583. The molecule has 1 spiro atoms. The Morgan fingerprint density at radius 2 is 2.00 bits per heavy atom. The first-order valence-electron chi connectivity index (χ1n) is 4.97. The molecule has 1 aromatic rings. The molecule has 2 fully saturated rings. The first-order chi connectivity index (χ1) is 8.12. The lowest BCUT2D eigenvalue weighted by molar-refractivity contribution is 0.0290. The molecule has 0 bridgehead atoms. The number of hydrogen-bond donors (Lipinski definition) is 1. The number of benzene rings is 1. The Morgan fingerprint density at radius 1 is 1.35 bits per heavy atom. The lowest BCUT2D eigenvalue weighted by atomic mass is 10.1. The Hall–Kier alpha value is -1.92. The second kappa shape index (κ2) is 3.28. The molecule has 2 aliphatic rings. The topological polar surface area (TPSA) is 88.7 Å². The van der Waals surface area contributed by atoms with Crippen LogP contribution in [0.25, 0.3) is 0 Å². The van der Waals surface area contributed by atoms with Gasteiger partial charge in [0.25, 0.3) is 12.1 Å². The van der Waals surface area contributed by atoms with Crippen LogP contribution in [0.2, 0.25) is 0 Å². The molecule has 2 unspecified atom stereocenters. The van der Waals surface area contributed by atoms with Gasteiger partial charge in [-0.05, 0) is 12.1 Å². The predicted molar refractivity (Wildman–Crippen MR) is 52.4 cm³/mol. The monoisotopic (exact) mass is 236 g/mol. The van der Waals surface area contributed by atoms with Crippen molar-refractivity contribution < 1.29 is 28.9 Å². The van der Waals surface area contributed by atoms with Crippen LogP contribution in [0, 0.1) is 0 Å². The van der Waals surface area contributed by atoms with Crippen LogP contribution in [0.1, 0.15) is 20.7 Å². The first kappa shape index (κ1) is 10.2. The summed E-state index contributed by atoms with van der Waals surface area (Å²) in [7, 11) is 0. The summed E-state index contributed by atoms with van der Waals surface area (Å²) in [5.74, 6) is -2.62. The third kappa shape index (κ3) is 1.67. The van der Waals surface area contributed by atoms with E-state index in [0.717, 1.165) is 0 Å². The highest BCUT2D eigenvalue weighted by Crippen LogP contribution is 2.49. The smallest absolute Gasteiger partial charge is 0.341 e. The van der Waals surface area contributed by atoms with Gasteiger partial charge in [0.2, 0.25) is 0 Å². The van der Waals surface area contributed by atoms with E-state index in [0.29, 0.717) is 6.61 Å². The zero-order valence-electron chi connectivity index (χ0n) is 8.58. The van der Waals surface area contributed by atoms with E-state index in [1.165, 1.54) is 12.1 Å². The van der Waals surface area contributed by atoms with Gasteiger partial charge in [0.05, 0.1) is 11.1 Å². The van der Waals surface area contributed by atoms with Crippen molar-refractivity contribution in [2.75, 3.05) is 6.61 Å². The lowest BCUT2D eigenvalue weighted by Gasteiger charge is -2.04. The maximum atomic E-state index is 11.7. The molecule has 3 rings (SSSR count). The van der Waals surface area contributed by atoms with E-state index in [1.54, 1.807) is 12.1 Å². The molecule has 0 aliphatic carbocycles. The second-order valence-corrected chi connectivity index (χ2v) is 3.81. The van der Waals surface area contributed by atoms with Crippen molar-refractivity contribution in [2.45, 2.75) is 12.1 Å². The highest BCUT2D eigenvalue weighted by Gasteiger charge is 2.72. The number of carbonyl (C=O) groups is 2. The molecular formula is C11H8O6. The third-order valence-electron chi connectivity index (χ3n) is 2.63. The molecule has 2 saturated heterocycles. The Kier molecular flexibility index (Phi) is 1.98. The van der Waals surface area contributed by atoms with E-state index in [-0.39, 0.29) is 11.1 Å².